The lowest BCUT2D eigenvalue weighted by Gasteiger charge is -2.15. The molecule has 0 fully saturated rings. The fourth-order valence-corrected chi connectivity index (χ4v) is 1.73. The summed E-state index contributed by atoms with van der Waals surface area (Å²) in [6.45, 7) is 8.73. The van der Waals surface area contributed by atoms with Crippen LogP contribution in [0.5, 0.6) is 11.5 Å². The Labute approximate surface area is 122 Å². The summed E-state index contributed by atoms with van der Waals surface area (Å²) in [5, 5.41) is 12.4. The predicted octanol–water partition coefficient (Wildman–Crippen LogP) is 2.45. The molecule has 4 heteroatoms. The van der Waals surface area contributed by atoms with E-state index < -0.39 is 0 Å². The van der Waals surface area contributed by atoms with Crippen molar-refractivity contribution in [2.75, 3.05) is 26.9 Å². The van der Waals surface area contributed by atoms with Gasteiger partial charge < -0.3 is 19.9 Å². The van der Waals surface area contributed by atoms with E-state index in [1.807, 2.05) is 25.1 Å². The Balaban J connectivity index is 2.65. The SMILES string of the molecule is COc1ccc(CNCC(C)C)cc1OCC(C)CO. The predicted molar refractivity (Wildman–Crippen MR) is 81.3 cm³/mol. The van der Waals surface area contributed by atoms with E-state index >= 15 is 0 Å². The van der Waals surface area contributed by atoms with Gasteiger partial charge >= 0.3 is 0 Å². The first-order valence-corrected chi connectivity index (χ1v) is 7.18. The van der Waals surface area contributed by atoms with E-state index in [0.29, 0.717) is 12.5 Å². The zero-order valence-corrected chi connectivity index (χ0v) is 13.0. The molecule has 4 nitrogen and oxygen atoms in total. The first-order valence-electron chi connectivity index (χ1n) is 7.18. The molecular formula is C16H27NO3. The molecular weight excluding hydrogens is 254 g/mol. The van der Waals surface area contributed by atoms with Crippen molar-refractivity contribution in [2.24, 2.45) is 11.8 Å². The molecule has 1 aromatic carbocycles. The lowest BCUT2D eigenvalue weighted by atomic mass is 10.1. The maximum Gasteiger partial charge on any atom is 0.161 e. The molecule has 1 rings (SSSR count). The van der Waals surface area contributed by atoms with Gasteiger partial charge in [-0.05, 0) is 30.2 Å². The Morgan fingerprint density at radius 3 is 2.55 bits per heavy atom. The van der Waals surface area contributed by atoms with E-state index in [1.54, 1.807) is 7.11 Å². The number of benzene rings is 1. The van der Waals surface area contributed by atoms with Crippen LogP contribution >= 0.6 is 0 Å². The molecule has 0 aromatic heterocycles. The second-order valence-electron chi connectivity index (χ2n) is 5.61. The van der Waals surface area contributed by atoms with Gasteiger partial charge in [-0.25, -0.2) is 0 Å². The summed E-state index contributed by atoms with van der Waals surface area (Å²) in [6.07, 6.45) is 0. The maximum atomic E-state index is 9.04. The molecule has 20 heavy (non-hydrogen) atoms. The van der Waals surface area contributed by atoms with Gasteiger partial charge in [-0.3, -0.25) is 0 Å². The summed E-state index contributed by atoms with van der Waals surface area (Å²) in [4.78, 5) is 0. The van der Waals surface area contributed by atoms with Gasteiger partial charge in [0.2, 0.25) is 0 Å². The molecule has 0 spiro atoms. The number of aliphatic hydroxyl groups is 1. The Bertz CT molecular complexity index is 393. The van der Waals surface area contributed by atoms with E-state index in [0.717, 1.165) is 30.2 Å². The van der Waals surface area contributed by atoms with E-state index in [2.05, 4.69) is 19.2 Å². The topological polar surface area (TPSA) is 50.7 Å². The second kappa shape index (κ2) is 8.82. The maximum absolute atomic E-state index is 9.04. The van der Waals surface area contributed by atoms with Gasteiger partial charge in [0.15, 0.2) is 11.5 Å². The molecule has 0 aliphatic rings. The average Bonchev–Trinajstić information content (AvgIpc) is 2.44. The van der Waals surface area contributed by atoms with Crippen molar-refractivity contribution in [1.29, 1.82) is 0 Å². The third-order valence-corrected chi connectivity index (χ3v) is 2.94. The van der Waals surface area contributed by atoms with Gasteiger partial charge in [-0.2, -0.15) is 0 Å². The molecule has 0 bridgehead atoms. The lowest BCUT2D eigenvalue weighted by Crippen LogP contribution is -2.19. The smallest absolute Gasteiger partial charge is 0.161 e. The minimum atomic E-state index is 0.113. The highest BCUT2D eigenvalue weighted by atomic mass is 16.5. The summed E-state index contributed by atoms with van der Waals surface area (Å²) in [7, 11) is 1.63. The van der Waals surface area contributed by atoms with Gasteiger partial charge in [0, 0.05) is 19.1 Å². The number of hydrogen-bond donors (Lipinski definition) is 2. The summed E-state index contributed by atoms with van der Waals surface area (Å²) in [5.74, 6) is 2.20. The molecule has 0 saturated carbocycles. The number of methoxy groups -OCH3 is 1. The zero-order valence-electron chi connectivity index (χ0n) is 13.0. The highest BCUT2D eigenvalue weighted by Gasteiger charge is 2.08. The Morgan fingerprint density at radius 1 is 1.20 bits per heavy atom. The highest BCUT2D eigenvalue weighted by molar-refractivity contribution is 5.42. The minimum absolute atomic E-state index is 0.113. The van der Waals surface area contributed by atoms with Crippen LogP contribution in [-0.2, 0) is 6.54 Å². The van der Waals surface area contributed by atoms with Crippen LogP contribution < -0.4 is 14.8 Å². The van der Waals surface area contributed by atoms with Crippen LogP contribution in [0.4, 0.5) is 0 Å². The number of hydrogen-bond acceptors (Lipinski definition) is 4. The molecule has 0 saturated heterocycles. The molecule has 0 heterocycles. The molecule has 0 aliphatic carbocycles. The van der Waals surface area contributed by atoms with Crippen LogP contribution in [0.3, 0.4) is 0 Å². The van der Waals surface area contributed by atoms with E-state index in [4.69, 9.17) is 14.6 Å². The van der Waals surface area contributed by atoms with Gasteiger partial charge in [0.1, 0.15) is 0 Å². The summed E-state index contributed by atoms with van der Waals surface area (Å²) in [6, 6.07) is 5.95. The van der Waals surface area contributed by atoms with Crippen molar-refractivity contribution in [2.45, 2.75) is 27.3 Å². The van der Waals surface area contributed by atoms with Crippen LogP contribution in [0.15, 0.2) is 18.2 Å². The fraction of sp³-hybridized carbons (Fsp3) is 0.625. The van der Waals surface area contributed by atoms with Crippen LogP contribution in [0.1, 0.15) is 26.3 Å². The van der Waals surface area contributed by atoms with Gasteiger partial charge in [-0.15, -0.1) is 0 Å². The molecule has 0 aliphatic heterocycles. The third-order valence-electron chi connectivity index (χ3n) is 2.94. The second-order valence-corrected chi connectivity index (χ2v) is 5.61. The first kappa shape index (κ1) is 16.8. The van der Waals surface area contributed by atoms with Gasteiger partial charge in [0.05, 0.1) is 13.7 Å². The van der Waals surface area contributed by atoms with Crippen LogP contribution in [0.25, 0.3) is 0 Å². The molecule has 0 amide bonds. The third kappa shape index (κ3) is 5.80. The Kier molecular flexibility index (Phi) is 7.41. The summed E-state index contributed by atoms with van der Waals surface area (Å²) >= 11 is 0. The Hall–Kier alpha value is -1.26. The van der Waals surface area contributed by atoms with Crippen molar-refractivity contribution in [3.05, 3.63) is 23.8 Å². The molecule has 1 atom stereocenters. The van der Waals surface area contributed by atoms with E-state index in [1.165, 1.54) is 0 Å². The molecule has 2 N–H and O–H groups in total. The number of ether oxygens (including phenoxy) is 2. The summed E-state index contributed by atoms with van der Waals surface area (Å²) in [5.41, 5.74) is 1.16. The number of aliphatic hydroxyl groups excluding tert-OH is 1. The van der Waals surface area contributed by atoms with Crippen molar-refractivity contribution in [3.8, 4) is 11.5 Å². The van der Waals surface area contributed by atoms with E-state index in [-0.39, 0.29) is 12.5 Å². The first-order chi connectivity index (χ1) is 9.56. The van der Waals surface area contributed by atoms with Crippen molar-refractivity contribution in [1.82, 2.24) is 5.32 Å². The van der Waals surface area contributed by atoms with E-state index in [9.17, 15) is 0 Å². The lowest BCUT2D eigenvalue weighted by molar-refractivity contribution is 0.171. The summed E-state index contributed by atoms with van der Waals surface area (Å²) < 4.78 is 11.0. The highest BCUT2D eigenvalue weighted by Crippen LogP contribution is 2.28. The van der Waals surface area contributed by atoms with Crippen molar-refractivity contribution in [3.63, 3.8) is 0 Å². The van der Waals surface area contributed by atoms with Crippen LogP contribution in [-0.4, -0.2) is 32.0 Å². The molecule has 1 aromatic rings. The minimum Gasteiger partial charge on any atom is -0.493 e. The van der Waals surface area contributed by atoms with Gasteiger partial charge in [-0.1, -0.05) is 26.8 Å². The van der Waals surface area contributed by atoms with Crippen molar-refractivity contribution >= 4 is 0 Å². The van der Waals surface area contributed by atoms with Crippen LogP contribution in [0.2, 0.25) is 0 Å². The number of nitrogens with one attached hydrogen (secondary N) is 1. The monoisotopic (exact) mass is 281 g/mol. The Morgan fingerprint density at radius 2 is 1.95 bits per heavy atom. The standard InChI is InChI=1S/C16H27NO3/c1-12(2)8-17-9-14-5-6-15(19-4)16(7-14)20-11-13(3)10-18/h5-7,12-13,17-18H,8-11H2,1-4H3. The fourth-order valence-electron chi connectivity index (χ4n) is 1.73. The zero-order chi connectivity index (χ0) is 15.0. The quantitative estimate of drug-likeness (QED) is 0.730. The molecule has 0 radical (unpaired) electrons. The number of rotatable bonds is 9. The van der Waals surface area contributed by atoms with Crippen molar-refractivity contribution < 1.29 is 14.6 Å². The van der Waals surface area contributed by atoms with Crippen LogP contribution in [0, 0.1) is 11.8 Å². The molecule has 114 valence electrons. The van der Waals surface area contributed by atoms with Gasteiger partial charge in [0.25, 0.3) is 0 Å². The largest absolute Gasteiger partial charge is 0.493 e. The normalized spacial score (nSPS) is 12.5. The average molecular weight is 281 g/mol. The molecule has 1 unspecified atom stereocenters.